The number of hydrogen-bond acceptors (Lipinski definition) is 4. The van der Waals surface area contributed by atoms with Crippen LogP contribution in [-0.4, -0.2) is 24.5 Å². The van der Waals surface area contributed by atoms with Gasteiger partial charge in [-0.1, -0.05) is 18.2 Å². The Morgan fingerprint density at radius 1 is 1.30 bits per heavy atom. The molecule has 0 radical (unpaired) electrons. The summed E-state index contributed by atoms with van der Waals surface area (Å²) in [6.07, 6.45) is 0.517. The molecule has 5 heteroatoms. The minimum Gasteiger partial charge on any atom is -0.507 e. The molecule has 0 aliphatic heterocycles. The van der Waals surface area contributed by atoms with E-state index in [0.29, 0.717) is 17.4 Å². The summed E-state index contributed by atoms with van der Waals surface area (Å²) in [4.78, 5) is 22.2. The number of esters is 1. The monoisotopic (exact) mass is 274 g/mol. The van der Waals surface area contributed by atoms with E-state index in [2.05, 4.69) is 4.74 Å². The van der Waals surface area contributed by atoms with Crippen molar-refractivity contribution in [3.05, 3.63) is 53.3 Å². The molecule has 0 fully saturated rings. The van der Waals surface area contributed by atoms with E-state index in [0.717, 1.165) is 13.2 Å². The SMILES string of the molecule is COC(=O)c1cc(-c2cccc(C=O)c2O)ccc1F. The van der Waals surface area contributed by atoms with Gasteiger partial charge in [-0.15, -0.1) is 0 Å². The Hall–Kier alpha value is -2.69. The van der Waals surface area contributed by atoms with Crippen molar-refractivity contribution in [3.63, 3.8) is 0 Å². The van der Waals surface area contributed by atoms with Crippen molar-refractivity contribution < 1.29 is 23.8 Å². The summed E-state index contributed by atoms with van der Waals surface area (Å²) in [7, 11) is 1.15. The van der Waals surface area contributed by atoms with Crippen LogP contribution in [0, 0.1) is 5.82 Å². The van der Waals surface area contributed by atoms with Gasteiger partial charge in [-0.05, 0) is 23.8 Å². The number of aromatic hydroxyl groups is 1. The Morgan fingerprint density at radius 3 is 2.70 bits per heavy atom. The summed E-state index contributed by atoms with van der Waals surface area (Å²) >= 11 is 0. The van der Waals surface area contributed by atoms with Crippen LogP contribution in [0.1, 0.15) is 20.7 Å². The number of rotatable bonds is 3. The Morgan fingerprint density at radius 2 is 2.05 bits per heavy atom. The van der Waals surface area contributed by atoms with E-state index in [1.165, 1.54) is 18.2 Å². The van der Waals surface area contributed by atoms with Crippen molar-refractivity contribution in [2.24, 2.45) is 0 Å². The number of carbonyl (C=O) groups excluding carboxylic acids is 2. The summed E-state index contributed by atoms with van der Waals surface area (Å²) in [6.45, 7) is 0. The fourth-order valence-electron chi connectivity index (χ4n) is 1.85. The van der Waals surface area contributed by atoms with Crippen molar-refractivity contribution in [2.45, 2.75) is 0 Å². The van der Waals surface area contributed by atoms with Crippen LogP contribution < -0.4 is 0 Å². The van der Waals surface area contributed by atoms with E-state index >= 15 is 0 Å². The largest absolute Gasteiger partial charge is 0.507 e. The standard InChI is InChI=1S/C15H11FO4/c1-20-15(19)12-7-9(5-6-13(12)16)11-4-2-3-10(8-17)14(11)18/h2-8,18H,1H3. The Bertz CT molecular complexity index is 680. The molecule has 0 saturated heterocycles. The number of phenolic OH excluding ortho intramolecular Hbond substituents is 1. The molecule has 0 unspecified atom stereocenters. The quantitative estimate of drug-likeness (QED) is 0.690. The number of para-hydroxylation sites is 1. The molecule has 0 atom stereocenters. The normalized spacial score (nSPS) is 10.1. The van der Waals surface area contributed by atoms with E-state index in [-0.39, 0.29) is 16.9 Å². The van der Waals surface area contributed by atoms with Gasteiger partial charge in [0.05, 0.1) is 18.2 Å². The molecule has 0 aliphatic rings. The molecule has 0 bridgehead atoms. The lowest BCUT2D eigenvalue weighted by atomic mass is 9.99. The maximum absolute atomic E-state index is 13.5. The van der Waals surface area contributed by atoms with Crippen LogP contribution in [0.5, 0.6) is 5.75 Å². The number of hydrogen-bond donors (Lipinski definition) is 1. The van der Waals surface area contributed by atoms with Crippen LogP contribution in [0.25, 0.3) is 11.1 Å². The summed E-state index contributed by atoms with van der Waals surface area (Å²) in [5.41, 5.74) is 0.625. The molecule has 4 nitrogen and oxygen atoms in total. The second-order valence-corrected chi connectivity index (χ2v) is 4.05. The first-order chi connectivity index (χ1) is 9.58. The molecule has 2 aromatic rings. The third kappa shape index (κ3) is 2.38. The van der Waals surface area contributed by atoms with Crippen molar-refractivity contribution in [1.29, 1.82) is 0 Å². The van der Waals surface area contributed by atoms with E-state index < -0.39 is 11.8 Å². The van der Waals surface area contributed by atoms with Gasteiger partial charge in [0.1, 0.15) is 11.6 Å². The lowest BCUT2D eigenvalue weighted by molar-refractivity contribution is 0.0595. The van der Waals surface area contributed by atoms with Crippen molar-refractivity contribution in [2.75, 3.05) is 7.11 Å². The number of aldehydes is 1. The van der Waals surface area contributed by atoms with Crippen LogP contribution in [0.3, 0.4) is 0 Å². The van der Waals surface area contributed by atoms with Gasteiger partial charge in [0.2, 0.25) is 0 Å². The van der Waals surface area contributed by atoms with Crippen LogP contribution in [0.4, 0.5) is 4.39 Å². The van der Waals surface area contributed by atoms with Gasteiger partial charge in [0, 0.05) is 5.56 Å². The zero-order chi connectivity index (χ0) is 14.7. The number of methoxy groups -OCH3 is 1. The summed E-state index contributed by atoms with van der Waals surface area (Å²) in [5, 5.41) is 9.96. The highest BCUT2D eigenvalue weighted by Gasteiger charge is 2.15. The van der Waals surface area contributed by atoms with Crippen molar-refractivity contribution in [1.82, 2.24) is 0 Å². The van der Waals surface area contributed by atoms with E-state index in [1.807, 2.05) is 0 Å². The third-order valence-electron chi connectivity index (χ3n) is 2.88. The van der Waals surface area contributed by atoms with Crippen molar-refractivity contribution in [3.8, 4) is 16.9 Å². The lowest BCUT2D eigenvalue weighted by Crippen LogP contribution is -2.04. The molecular weight excluding hydrogens is 263 g/mol. The van der Waals surface area contributed by atoms with Gasteiger partial charge in [-0.2, -0.15) is 0 Å². The second kappa shape index (κ2) is 5.52. The number of phenols is 1. The molecule has 0 heterocycles. The van der Waals surface area contributed by atoms with Crippen LogP contribution in [0.15, 0.2) is 36.4 Å². The van der Waals surface area contributed by atoms with Crippen LogP contribution >= 0.6 is 0 Å². The molecular formula is C15H11FO4. The summed E-state index contributed by atoms with van der Waals surface area (Å²) in [5.74, 6) is -1.74. The van der Waals surface area contributed by atoms with Gasteiger partial charge >= 0.3 is 5.97 Å². The Kier molecular flexibility index (Phi) is 3.79. The number of carbonyl (C=O) groups is 2. The summed E-state index contributed by atoms with van der Waals surface area (Å²) in [6, 6.07) is 8.39. The Balaban J connectivity index is 2.59. The van der Waals surface area contributed by atoms with Gasteiger partial charge in [0.25, 0.3) is 0 Å². The zero-order valence-corrected chi connectivity index (χ0v) is 10.6. The maximum Gasteiger partial charge on any atom is 0.340 e. The highest BCUT2D eigenvalue weighted by Crippen LogP contribution is 2.32. The summed E-state index contributed by atoms with van der Waals surface area (Å²) < 4.78 is 18.0. The molecule has 1 N–H and O–H groups in total. The van der Waals surface area contributed by atoms with Gasteiger partial charge in [-0.3, -0.25) is 4.79 Å². The molecule has 0 aliphatic carbocycles. The smallest absolute Gasteiger partial charge is 0.340 e. The topological polar surface area (TPSA) is 63.6 Å². The van der Waals surface area contributed by atoms with E-state index in [1.54, 1.807) is 12.1 Å². The van der Waals surface area contributed by atoms with Crippen molar-refractivity contribution >= 4 is 12.3 Å². The van der Waals surface area contributed by atoms with E-state index in [4.69, 9.17) is 0 Å². The second-order valence-electron chi connectivity index (χ2n) is 4.05. The molecule has 102 valence electrons. The predicted molar refractivity (Wildman–Crippen MR) is 70.2 cm³/mol. The molecule has 2 aromatic carbocycles. The number of halogens is 1. The zero-order valence-electron chi connectivity index (χ0n) is 10.6. The fraction of sp³-hybridized carbons (Fsp3) is 0.0667. The molecule has 0 saturated carbocycles. The van der Waals surface area contributed by atoms with Crippen LogP contribution in [0.2, 0.25) is 0 Å². The first kappa shape index (κ1) is 13.7. The number of benzene rings is 2. The molecule has 0 aromatic heterocycles. The number of ether oxygens (including phenoxy) is 1. The minimum atomic E-state index is -0.810. The maximum atomic E-state index is 13.5. The van der Waals surface area contributed by atoms with Crippen LogP contribution in [-0.2, 0) is 4.74 Å². The third-order valence-corrected chi connectivity index (χ3v) is 2.88. The minimum absolute atomic E-state index is 0.117. The first-order valence-corrected chi connectivity index (χ1v) is 5.74. The Labute approximate surface area is 114 Å². The lowest BCUT2D eigenvalue weighted by Gasteiger charge is -2.08. The fourth-order valence-corrected chi connectivity index (χ4v) is 1.85. The first-order valence-electron chi connectivity index (χ1n) is 5.74. The highest BCUT2D eigenvalue weighted by molar-refractivity contribution is 5.92. The highest BCUT2D eigenvalue weighted by atomic mass is 19.1. The average Bonchev–Trinajstić information content (AvgIpc) is 2.47. The van der Waals surface area contributed by atoms with E-state index in [9.17, 15) is 19.1 Å². The molecule has 20 heavy (non-hydrogen) atoms. The predicted octanol–water partition coefficient (Wildman–Crippen LogP) is 2.80. The van der Waals surface area contributed by atoms with Gasteiger partial charge < -0.3 is 9.84 Å². The molecule has 0 amide bonds. The van der Waals surface area contributed by atoms with Gasteiger partial charge in [0.15, 0.2) is 6.29 Å². The average molecular weight is 274 g/mol. The molecule has 2 rings (SSSR count). The molecule has 0 spiro atoms. The van der Waals surface area contributed by atoms with Gasteiger partial charge in [-0.25, -0.2) is 9.18 Å².